The maximum atomic E-state index is 10.8. The fraction of sp³-hybridized carbons (Fsp3) is 0.538. The van der Waals surface area contributed by atoms with Crippen molar-refractivity contribution in [1.82, 2.24) is 0 Å². The van der Waals surface area contributed by atoms with Gasteiger partial charge in [0.2, 0.25) is 0 Å². The first-order valence-electron chi connectivity index (χ1n) is 5.96. The van der Waals surface area contributed by atoms with Crippen LogP contribution in [0, 0.1) is 0 Å². The molecule has 0 amide bonds. The summed E-state index contributed by atoms with van der Waals surface area (Å²) >= 11 is 0. The first kappa shape index (κ1) is 12.7. The molecule has 0 spiro atoms. The fourth-order valence-electron chi connectivity index (χ4n) is 1.69. The Balaban J connectivity index is 2.36. The van der Waals surface area contributed by atoms with Gasteiger partial charge in [-0.15, -0.1) is 0 Å². The van der Waals surface area contributed by atoms with E-state index < -0.39 is 5.97 Å². The van der Waals surface area contributed by atoms with Gasteiger partial charge in [-0.25, -0.2) is 9.36 Å². The molecule has 1 aromatic rings. The van der Waals surface area contributed by atoms with Gasteiger partial charge >= 0.3 is 5.97 Å². The number of carboxylic acids is 1. The minimum absolute atomic E-state index is 0.357. The second kappa shape index (κ2) is 6.99. The number of aryl methyl sites for hydroxylation is 1. The summed E-state index contributed by atoms with van der Waals surface area (Å²) in [4.78, 5) is 10.8. The summed E-state index contributed by atoms with van der Waals surface area (Å²) in [6, 6.07) is 3.41. The van der Waals surface area contributed by atoms with Crippen LogP contribution in [0.25, 0.3) is 0 Å². The molecule has 1 heterocycles. The molecule has 1 rings (SSSR count). The standard InChI is InChI=1S/C13H19NO2/c1-2-3-4-5-6-9-14-10-7-8-12(11-14)13(15)16/h7-8,10-11H,2-6,9H2,1H3/p+1. The van der Waals surface area contributed by atoms with Gasteiger partial charge in [-0.1, -0.05) is 26.2 Å². The van der Waals surface area contributed by atoms with E-state index in [1.807, 2.05) is 10.8 Å². The number of hydrogen-bond acceptors (Lipinski definition) is 1. The molecule has 0 fully saturated rings. The molecule has 0 bridgehead atoms. The Morgan fingerprint density at radius 3 is 2.75 bits per heavy atom. The van der Waals surface area contributed by atoms with Gasteiger partial charge in [0.1, 0.15) is 12.1 Å². The van der Waals surface area contributed by atoms with Crippen molar-refractivity contribution in [2.45, 2.75) is 45.6 Å². The topological polar surface area (TPSA) is 41.2 Å². The molecule has 0 aliphatic carbocycles. The van der Waals surface area contributed by atoms with Crippen LogP contribution < -0.4 is 4.57 Å². The first-order chi connectivity index (χ1) is 7.74. The lowest BCUT2D eigenvalue weighted by Gasteiger charge is -1.98. The Kier molecular flexibility index (Phi) is 5.54. The van der Waals surface area contributed by atoms with Crippen molar-refractivity contribution >= 4 is 5.97 Å². The minimum Gasteiger partial charge on any atom is -0.477 e. The van der Waals surface area contributed by atoms with E-state index >= 15 is 0 Å². The average molecular weight is 222 g/mol. The summed E-state index contributed by atoms with van der Waals surface area (Å²) in [6.45, 7) is 3.11. The number of aromatic nitrogens is 1. The summed E-state index contributed by atoms with van der Waals surface area (Å²) in [5.74, 6) is -0.861. The normalized spacial score (nSPS) is 10.3. The first-order valence-corrected chi connectivity index (χ1v) is 5.96. The van der Waals surface area contributed by atoms with Gasteiger partial charge in [0.25, 0.3) is 0 Å². The number of carboxylic acid groups (broad SMARTS) is 1. The molecule has 88 valence electrons. The average Bonchev–Trinajstić information content (AvgIpc) is 2.29. The highest BCUT2D eigenvalue weighted by atomic mass is 16.4. The Bertz CT molecular complexity index is 336. The molecule has 3 nitrogen and oxygen atoms in total. The SMILES string of the molecule is CCCCCCC[n+]1cccc(C(=O)O)c1. The van der Waals surface area contributed by atoms with Crippen molar-refractivity contribution in [3.05, 3.63) is 30.1 Å². The molecule has 0 aliphatic rings. The summed E-state index contributed by atoms with van der Waals surface area (Å²) in [7, 11) is 0. The second-order valence-electron chi connectivity index (χ2n) is 4.05. The molecule has 3 heteroatoms. The van der Waals surface area contributed by atoms with Crippen LogP contribution in [0.3, 0.4) is 0 Å². The minimum atomic E-state index is -0.861. The predicted octanol–water partition coefficient (Wildman–Crippen LogP) is 2.64. The smallest absolute Gasteiger partial charge is 0.341 e. The lowest BCUT2D eigenvalue weighted by atomic mass is 10.1. The summed E-state index contributed by atoms with van der Waals surface area (Å²) < 4.78 is 1.95. The van der Waals surface area contributed by atoms with Crippen molar-refractivity contribution < 1.29 is 14.5 Å². The number of nitrogens with zero attached hydrogens (tertiary/aromatic N) is 1. The molecule has 16 heavy (non-hydrogen) atoms. The second-order valence-corrected chi connectivity index (χ2v) is 4.05. The van der Waals surface area contributed by atoms with Crippen LogP contribution in [0.2, 0.25) is 0 Å². The highest BCUT2D eigenvalue weighted by Crippen LogP contribution is 2.02. The number of unbranched alkanes of at least 4 members (excludes halogenated alkanes) is 4. The predicted molar refractivity (Wildman–Crippen MR) is 62.4 cm³/mol. The van der Waals surface area contributed by atoms with Crippen molar-refractivity contribution in [3.63, 3.8) is 0 Å². The van der Waals surface area contributed by atoms with Gasteiger partial charge < -0.3 is 5.11 Å². The van der Waals surface area contributed by atoms with Gasteiger partial charge in [-0.2, -0.15) is 0 Å². The zero-order valence-corrected chi connectivity index (χ0v) is 9.85. The Morgan fingerprint density at radius 1 is 1.31 bits per heavy atom. The number of rotatable bonds is 7. The van der Waals surface area contributed by atoms with Crippen molar-refractivity contribution in [1.29, 1.82) is 0 Å². The quantitative estimate of drug-likeness (QED) is 0.569. The van der Waals surface area contributed by atoms with Gasteiger partial charge in [0.05, 0.1) is 0 Å². The van der Waals surface area contributed by atoms with E-state index in [1.165, 1.54) is 25.7 Å². The van der Waals surface area contributed by atoms with Crippen LogP contribution in [-0.4, -0.2) is 11.1 Å². The highest BCUT2D eigenvalue weighted by Gasteiger charge is 2.07. The Labute approximate surface area is 96.7 Å². The van der Waals surface area contributed by atoms with Gasteiger partial charge in [-0.3, -0.25) is 0 Å². The molecular formula is C13H20NO2+. The number of hydrogen-bond donors (Lipinski definition) is 1. The zero-order valence-electron chi connectivity index (χ0n) is 9.85. The van der Waals surface area contributed by atoms with Crippen LogP contribution in [0.1, 0.15) is 49.4 Å². The van der Waals surface area contributed by atoms with E-state index in [-0.39, 0.29) is 0 Å². The van der Waals surface area contributed by atoms with Crippen LogP contribution in [0.15, 0.2) is 24.5 Å². The number of aromatic carboxylic acids is 1. The lowest BCUT2D eigenvalue weighted by Crippen LogP contribution is -2.33. The van der Waals surface area contributed by atoms with E-state index in [0.717, 1.165) is 13.0 Å². The van der Waals surface area contributed by atoms with E-state index in [2.05, 4.69) is 6.92 Å². The molecule has 0 atom stereocenters. The van der Waals surface area contributed by atoms with E-state index in [9.17, 15) is 4.79 Å². The third-order valence-electron chi connectivity index (χ3n) is 2.63. The molecule has 0 saturated carbocycles. The lowest BCUT2D eigenvalue weighted by molar-refractivity contribution is -0.697. The van der Waals surface area contributed by atoms with Crippen LogP contribution in [0.4, 0.5) is 0 Å². The monoisotopic (exact) mass is 222 g/mol. The summed E-state index contributed by atoms with van der Waals surface area (Å²) in [5, 5.41) is 8.84. The van der Waals surface area contributed by atoms with Crippen molar-refractivity contribution in [3.8, 4) is 0 Å². The Hall–Kier alpha value is -1.38. The van der Waals surface area contributed by atoms with Crippen molar-refractivity contribution in [2.24, 2.45) is 0 Å². The van der Waals surface area contributed by atoms with Crippen molar-refractivity contribution in [2.75, 3.05) is 0 Å². The van der Waals surface area contributed by atoms with Gasteiger partial charge in [0, 0.05) is 12.5 Å². The summed E-state index contributed by atoms with van der Waals surface area (Å²) in [5.41, 5.74) is 0.357. The van der Waals surface area contributed by atoms with E-state index in [0.29, 0.717) is 5.56 Å². The Morgan fingerprint density at radius 2 is 2.06 bits per heavy atom. The van der Waals surface area contributed by atoms with Gasteiger partial charge in [0.15, 0.2) is 12.4 Å². The third-order valence-corrected chi connectivity index (χ3v) is 2.63. The molecule has 1 aromatic heterocycles. The van der Waals surface area contributed by atoms with E-state index in [4.69, 9.17) is 5.11 Å². The van der Waals surface area contributed by atoms with Gasteiger partial charge in [-0.05, 0) is 12.5 Å². The molecule has 0 aliphatic heterocycles. The number of carbonyl (C=O) groups is 1. The highest BCUT2D eigenvalue weighted by molar-refractivity contribution is 5.86. The zero-order chi connectivity index (χ0) is 11.8. The molecule has 0 saturated heterocycles. The summed E-state index contributed by atoms with van der Waals surface area (Å²) in [6.07, 6.45) is 9.78. The maximum absolute atomic E-state index is 10.8. The van der Waals surface area contributed by atoms with Crippen LogP contribution in [-0.2, 0) is 6.54 Å². The maximum Gasteiger partial charge on any atom is 0.341 e. The van der Waals surface area contributed by atoms with Crippen LogP contribution in [0.5, 0.6) is 0 Å². The molecule has 0 aromatic carbocycles. The fourth-order valence-corrected chi connectivity index (χ4v) is 1.69. The third kappa shape index (κ3) is 4.43. The largest absolute Gasteiger partial charge is 0.477 e. The molecule has 1 N–H and O–H groups in total. The molecule has 0 unspecified atom stereocenters. The molecular weight excluding hydrogens is 202 g/mol. The number of pyridine rings is 1. The van der Waals surface area contributed by atoms with Crippen LogP contribution >= 0.6 is 0 Å². The molecule has 0 radical (unpaired) electrons. The van der Waals surface area contributed by atoms with E-state index in [1.54, 1.807) is 18.3 Å².